The van der Waals surface area contributed by atoms with Gasteiger partial charge in [0.15, 0.2) is 0 Å². The minimum atomic E-state index is -0.380. The van der Waals surface area contributed by atoms with Crippen molar-refractivity contribution < 1.29 is 19.1 Å². The zero-order valence-electron chi connectivity index (χ0n) is 25.8. The van der Waals surface area contributed by atoms with Crippen molar-refractivity contribution in [1.82, 2.24) is 34.9 Å². The van der Waals surface area contributed by atoms with Crippen molar-refractivity contribution in [3.63, 3.8) is 0 Å². The molecule has 0 aromatic carbocycles. The monoisotopic (exact) mass is 648 g/mol. The highest BCUT2D eigenvalue weighted by atomic mass is 35.5. The van der Waals surface area contributed by atoms with Gasteiger partial charge in [0, 0.05) is 58.2 Å². The second kappa shape index (κ2) is 17.6. The molecule has 3 N–H and O–H groups in total. The molecule has 0 spiro atoms. The Bertz CT molecular complexity index is 1280. The predicted octanol–water partition coefficient (Wildman–Crippen LogP) is 2.65. The molecule has 2 aromatic rings. The molecule has 0 saturated carbocycles. The van der Waals surface area contributed by atoms with Crippen molar-refractivity contribution in [2.75, 3.05) is 66.7 Å². The quantitative estimate of drug-likeness (QED) is 0.338. The summed E-state index contributed by atoms with van der Waals surface area (Å²) in [7, 11) is 2.73. The number of rotatable bonds is 7. The number of esters is 2. The zero-order valence-corrected chi connectivity index (χ0v) is 27.3. The molecular formula is C30H42Cl2N8O4. The number of hydrogen-bond donors (Lipinski definition) is 2. The van der Waals surface area contributed by atoms with Crippen LogP contribution in [0.15, 0.2) is 60.0 Å². The first-order chi connectivity index (χ1) is 21.2. The third-order valence-electron chi connectivity index (χ3n) is 7.05. The van der Waals surface area contributed by atoms with Crippen molar-refractivity contribution in [3.05, 3.63) is 81.4 Å². The van der Waals surface area contributed by atoms with Gasteiger partial charge in [-0.3, -0.25) is 14.5 Å². The molecule has 240 valence electrons. The molecule has 44 heavy (non-hydrogen) atoms. The Morgan fingerprint density at radius 2 is 1.57 bits per heavy atom. The van der Waals surface area contributed by atoms with Crippen LogP contribution in [0.2, 0.25) is 10.3 Å². The number of methoxy groups -OCH3 is 2. The van der Waals surface area contributed by atoms with Gasteiger partial charge in [-0.25, -0.2) is 9.97 Å². The highest BCUT2D eigenvalue weighted by molar-refractivity contribution is 6.29. The number of hydrogen-bond acceptors (Lipinski definition) is 12. The van der Waals surface area contributed by atoms with E-state index in [2.05, 4.69) is 52.6 Å². The first-order valence-corrected chi connectivity index (χ1v) is 15.0. The lowest BCUT2D eigenvalue weighted by Gasteiger charge is -2.37. The van der Waals surface area contributed by atoms with E-state index in [9.17, 15) is 9.59 Å². The number of nitrogens with zero attached hydrogens (tertiary/aromatic N) is 6. The van der Waals surface area contributed by atoms with Gasteiger partial charge in [0.1, 0.15) is 16.1 Å². The Kier molecular flexibility index (Phi) is 14.0. The normalized spacial score (nSPS) is 16.9. The second-order valence-electron chi connectivity index (χ2n) is 10.3. The molecule has 0 aliphatic carbocycles. The van der Waals surface area contributed by atoms with Crippen LogP contribution in [-0.2, 0) is 32.2 Å². The number of nitrogens with one attached hydrogen (secondary N) is 1. The molecule has 3 aliphatic heterocycles. The van der Waals surface area contributed by atoms with Crippen molar-refractivity contribution in [1.29, 1.82) is 0 Å². The SMILES string of the molecule is C/C=C1/NCCN1Cc1ccc(Cl)nc1.COC(=O)CN.COC(=O)CN1CC(C)=C2N(Cc3ccc(Cl)nc3)CCN2C1. The molecule has 3 aliphatic rings. The van der Waals surface area contributed by atoms with Crippen molar-refractivity contribution in [3.8, 4) is 0 Å². The van der Waals surface area contributed by atoms with Crippen LogP contribution in [0.5, 0.6) is 0 Å². The third kappa shape index (κ3) is 10.5. The topological polar surface area (TPSA) is 129 Å². The lowest BCUT2D eigenvalue weighted by atomic mass is 10.2. The minimum absolute atomic E-state index is 0.0312. The number of fused-ring (bicyclic) bond motifs is 1. The summed E-state index contributed by atoms with van der Waals surface area (Å²) in [6.45, 7) is 11.7. The largest absolute Gasteiger partial charge is 0.468 e. The van der Waals surface area contributed by atoms with Crippen LogP contribution in [-0.4, -0.2) is 108 Å². The summed E-state index contributed by atoms with van der Waals surface area (Å²) >= 11 is 11.6. The Hall–Kier alpha value is -3.58. The van der Waals surface area contributed by atoms with Crippen LogP contribution >= 0.6 is 23.2 Å². The molecule has 0 amide bonds. The highest BCUT2D eigenvalue weighted by Crippen LogP contribution is 2.28. The third-order valence-corrected chi connectivity index (χ3v) is 7.50. The Morgan fingerprint density at radius 3 is 2.07 bits per heavy atom. The fraction of sp³-hybridized carbons (Fsp3) is 0.467. The molecule has 12 nitrogen and oxygen atoms in total. The van der Waals surface area contributed by atoms with E-state index in [1.807, 2.05) is 43.6 Å². The average molecular weight is 650 g/mol. The van der Waals surface area contributed by atoms with E-state index in [0.29, 0.717) is 16.9 Å². The molecule has 5 heterocycles. The van der Waals surface area contributed by atoms with Gasteiger partial charge in [0.25, 0.3) is 0 Å². The zero-order chi connectivity index (χ0) is 32.1. The summed E-state index contributed by atoms with van der Waals surface area (Å²) in [5.41, 5.74) is 8.42. The summed E-state index contributed by atoms with van der Waals surface area (Å²) < 4.78 is 8.90. The average Bonchev–Trinajstić information content (AvgIpc) is 3.66. The Morgan fingerprint density at radius 1 is 0.955 bits per heavy atom. The second-order valence-corrected chi connectivity index (χ2v) is 11.0. The molecule has 14 heteroatoms. The number of aromatic nitrogens is 2. The Labute approximate surface area is 269 Å². The molecule has 5 rings (SSSR count). The highest BCUT2D eigenvalue weighted by Gasteiger charge is 2.32. The van der Waals surface area contributed by atoms with Gasteiger partial charge < -0.3 is 35.2 Å². The number of ether oxygens (including phenoxy) is 2. The fourth-order valence-corrected chi connectivity index (χ4v) is 5.28. The lowest BCUT2D eigenvalue weighted by molar-refractivity contribution is -0.142. The van der Waals surface area contributed by atoms with E-state index in [4.69, 9.17) is 33.7 Å². The van der Waals surface area contributed by atoms with Gasteiger partial charge in [-0.2, -0.15) is 0 Å². The van der Waals surface area contributed by atoms with Gasteiger partial charge >= 0.3 is 11.9 Å². The molecule has 0 radical (unpaired) electrons. The maximum Gasteiger partial charge on any atom is 0.319 e. The molecule has 2 aromatic heterocycles. The smallest absolute Gasteiger partial charge is 0.319 e. The van der Waals surface area contributed by atoms with Gasteiger partial charge in [0.05, 0.1) is 39.8 Å². The summed E-state index contributed by atoms with van der Waals surface area (Å²) in [5.74, 6) is 1.91. The van der Waals surface area contributed by atoms with Crippen LogP contribution in [0.25, 0.3) is 0 Å². The van der Waals surface area contributed by atoms with E-state index < -0.39 is 0 Å². The lowest BCUT2D eigenvalue weighted by Crippen LogP contribution is -2.45. The van der Waals surface area contributed by atoms with Crippen LogP contribution < -0.4 is 11.1 Å². The van der Waals surface area contributed by atoms with Crippen LogP contribution in [0.3, 0.4) is 0 Å². The first kappa shape index (κ1) is 34.9. The standard InChI is InChI=1S/C16H21ClN4O2.C11H14ClN3.C3H7NO2/c1-12-8-19(10-15(22)23-2)11-21-6-5-20(16(12)21)9-13-3-4-14(17)18-7-13;1-2-11-13-5-6-15(11)8-9-3-4-10(12)14-7-9;1-6-3(5)2-4/h3-4,7H,5-6,8-11H2,1-2H3;2-4,7,13H,5-6,8H2,1H3;2,4H2,1H3/b;11-2-;. The molecule has 2 saturated heterocycles. The Balaban J connectivity index is 0.000000215. The number of halogens is 2. The van der Waals surface area contributed by atoms with E-state index >= 15 is 0 Å². The maximum absolute atomic E-state index is 11.5. The van der Waals surface area contributed by atoms with Crippen molar-refractivity contribution >= 4 is 35.1 Å². The maximum atomic E-state index is 11.5. The van der Waals surface area contributed by atoms with E-state index in [1.54, 1.807) is 0 Å². The fourth-order valence-electron chi connectivity index (χ4n) is 5.06. The molecule has 0 bridgehead atoms. The van der Waals surface area contributed by atoms with Gasteiger partial charge in [-0.1, -0.05) is 35.3 Å². The van der Waals surface area contributed by atoms with E-state index in [-0.39, 0.29) is 18.5 Å². The number of nitrogens with two attached hydrogens (primary N) is 1. The summed E-state index contributed by atoms with van der Waals surface area (Å²) in [5, 5.41) is 4.39. The summed E-state index contributed by atoms with van der Waals surface area (Å²) in [4.78, 5) is 38.6. The van der Waals surface area contributed by atoms with Crippen molar-refractivity contribution in [2.45, 2.75) is 26.9 Å². The van der Waals surface area contributed by atoms with Gasteiger partial charge in [0.2, 0.25) is 0 Å². The van der Waals surface area contributed by atoms with Gasteiger partial charge in [-0.05, 0) is 48.8 Å². The van der Waals surface area contributed by atoms with Crippen LogP contribution in [0.1, 0.15) is 25.0 Å². The number of carbonyl (C=O) groups excluding carboxylic acids is 2. The molecular weight excluding hydrogens is 607 g/mol. The van der Waals surface area contributed by atoms with E-state index in [0.717, 1.165) is 58.0 Å². The number of pyridine rings is 2. The summed E-state index contributed by atoms with van der Waals surface area (Å²) in [6.07, 6.45) is 5.75. The molecule has 0 unspecified atom stereocenters. The van der Waals surface area contributed by atoms with Crippen LogP contribution in [0, 0.1) is 0 Å². The minimum Gasteiger partial charge on any atom is -0.468 e. The van der Waals surface area contributed by atoms with Gasteiger partial charge in [-0.15, -0.1) is 0 Å². The molecule has 2 fully saturated rings. The van der Waals surface area contributed by atoms with E-state index in [1.165, 1.54) is 37.0 Å². The number of carbonyl (C=O) groups is 2. The summed E-state index contributed by atoms with van der Waals surface area (Å²) in [6, 6.07) is 7.68. The predicted molar refractivity (Wildman–Crippen MR) is 170 cm³/mol. The van der Waals surface area contributed by atoms with Crippen molar-refractivity contribution in [2.24, 2.45) is 5.73 Å². The molecule has 0 atom stereocenters. The number of allylic oxidation sites excluding steroid dienone is 1. The first-order valence-electron chi connectivity index (χ1n) is 14.3. The van der Waals surface area contributed by atoms with Crippen LogP contribution in [0.4, 0.5) is 0 Å².